The van der Waals surface area contributed by atoms with Crippen LogP contribution in [0.15, 0.2) is 60.7 Å². The van der Waals surface area contributed by atoms with Crippen molar-refractivity contribution in [1.29, 1.82) is 0 Å². The maximum Gasteiger partial charge on any atom is 0.118 e. The average Bonchev–Trinajstić information content (AvgIpc) is 3.00. The van der Waals surface area contributed by atoms with Crippen LogP contribution in [0.4, 0.5) is 5.69 Å². The number of rotatable bonds is 2. The van der Waals surface area contributed by atoms with Gasteiger partial charge in [-0.3, -0.25) is 0 Å². The minimum atomic E-state index is -0.354. The lowest BCUT2D eigenvalue weighted by molar-refractivity contribution is 0.470. The summed E-state index contributed by atoms with van der Waals surface area (Å²) in [6, 6.07) is 20.0. The van der Waals surface area contributed by atoms with Crippen molar-refractivity contribution >= 4 is 5.69 Å². The number of fused-ring (bicyclic) bond motifs is 1. The van der Waals surface area contributed by atoms with Crippen molar-refractivity contribution < 1.29 is 10.2 Å². The van der Waals surface area contributed by atoms with Crippen LogP contribution in [-0.4, -0.2) is 16.8 Å². The molecule has 1 heterocycles. The number of benzene rings is 3. The predicted molar refractivity (Wildman–Crippen MR) is 101 cm³/mol. The first kappa shape index (κ1) is 15.6. The molecule has 0 atom stereocenters. The zero-order chi connectivity index (χ0) is 17.6. The molecule has 3 aromatic carbocycles. The molecule has 0 spiro atoms. The molecule has 3 N–H and O–H groups in total. The summed E-state index contributed by atoms with van der Waals surface area (Å²) < 4.78 is 0. The molecule has 25 heavy (non-hydrogen) atoms. The minimum absolute atomic E-state index is 0.306. The highest BCUT2D eigenvalue weighted by Crippen LogP contribution is 2.47. The Hall–Kier alpha value is -2.94. The highest BCUT2D eigenvalue weighted by molar-refractivity contribution is 5.69. The number of hydrogen-bond donors (Lipinski definition) is 3. The van der Waals surface area contributed by atoms with Crippen LogP contribution in [0, 0.1) is 13.8 Å². The molecule has 0 saturated heterocycles. The van der Waals surface area contributed by atoms with Gasteiger partial charge in [0, 0.05) is 12.2 Å². The van der Waals surface area contributed by atoms with Crippen LogP contribution >= 0.6 is 0 Å². The molecule has 0 radical (unpaired) electrons. The molecule has 3 heteroatoms. The molecular formula is C22H21NO2. The second kappa shape index (κ2) is 5.55. The van der Waals surface area contributed by atoms with Crippen molar-refractivity contribution in [3.63, 3.8) is 0 Å². The maximum atomic E-state index is 9.97. The summed E-state index contributed by atoms with van der Waals surface area (Å²) in [5, 5.41) is 23.5. The Balaban J connectivity index is 2.02. The summed E-state index contributed by atoms with van der Waals surface area (Å²) in [6.07, 6.45) is 0. The van der Waals surface area contributed by atoms with Crippen molar-refractivity contribution in [3.8, 4) is 11.5 Å². The van der Waals surface area contributed by atoms with E-state index in [1.807, 2.05) is 32.0 Å². The Kier molecular flexibility index (Phi) is 3.46. The van der Waals surface area contributed by atoms with Crippen molar-refractivity contribution in [2.24, 2.45) is 0 Å². The molecule has 0 bridgehead atoms. The number of aromatic hydroxyl groups is 2. The predicted octanol–water partition coefficient (Wildman–Crippen LogP) is 4.47. The highest BCUT2D eigenvalue weighted by Gasteiger charge is 2.42. The number of anilines is 1. The summed E-state index contributed by atoms with van der Waals surface area (Å²) in [5.74, 6) is 0.611. The van der Waals surface area contributed by atoms with E-state index in [9.17, 15) is 10.2 Å². The number of phenols is 2. The Bertz CT molecular complexity index is 910. The van der Waals surface area contributed by atoms with E-state index >= 15 is 0 Å². The van der Waals surface area contributed by atoms with Crippen molar-refractivity contribution in [2.75, 3.05) is 11.9 Å². The summed E-state index contributed by atoms with van der Waals surface area (Å²) in [5.41, 5.74) is 5.96. The van der Waals surface area contributed by atoms with Gasteiger partial charge in [0.25, 0.3) is 0 Å². The lowest BCUT2D eigenvalue weighted by Crippen LogP contribution is -2.31. The summed E-state index contributed by atoms with van der Waals surface area (Å²) in [7, 11) is 0. The van der Waals surface area contributed by atoms with Crippen molar-refractivity contribution in [2.45, 2.75) is 19.3 Å². The first-order valence-corrected chi connectivity index (χ1v) is 8.46. The lowest BCUT2D eigenvalue weighted by atomic mass is 9.70. The van der Waals surface area contributed by atoms with E-state index in [4.69, 9.17) is 0 Å². The normalized spacial score (nSPS) is 14.8. The summed E-state index contributed by atoms with van der Waals surface area (Å²) in [4.78, 5) is 0. The molecular weight excluding hydrogens is 310 g/mol. The second-order valence-corrected chi connectivity index (χ2v) is 6.81. The van der Waals surface area contributed by atoms with Crippen LogP contribution in [-0.2, 0) is 5.41 Å². The van der Waals surface area contributed by atoms with Crippen LogP contribution in [0.3, 0.4) is 0 Å². The zero-order valence-corrected chi connectivity index (χ0v) is 14.4. The Labute approximate surface area is 147 Å². The Morgan fingerprint density at radius 3 is 1.92 bits per heavy atom. The molecule has 1 aliphatic heterocycles. The van der Waals surface area contributed by atoms with Crippen molar-refractivity contribution in [1.82, 2.24) is 0 Å². The van der Waals surface area contributed by atoms with E-state index in [1.54, 1.807) is 12.1 Å². The molecule has 0 fully saturated rings. The van der Waals surface area contributed by atoms with E-state index in [0.717, 1.165) is 34.5 Å². The number of hydrogen-bond acceptors (Lipinski definition) is 3. The van der Waals surface area contributed by atoms with E-state index in [2.05, 4.69) is 35.6 Å². The summed E-state index contributed by atoms with van der Waals surface area (Å²) >= 11 is 0. The fraction of sp³-hybridized carbons (Fsp3) is 0.182. The standard InChI is InChI=1S/C22H21NO2/c1-14-11-16(7-9-20(14)24)22(17-8-10-21(25)15(2)12-17)13-23-19-6-4-3-5-18(19)22/h3-12,23-25H,13H2,1-2H3. The third-order valence-corrected chi connectivity index (χ3v) is 5.31. The zero-order valence-electron chi connectivity index (χ0n) is 14.4. The molecule has 126 valence electrons. The Morgan fingerprint density at radius 1 is 0.800 bits per heavy atom. The van der Waals surface area contributed by atoms with E-state index in [-0.39, 0.29) is 5.41 Å². The van der Waals surface area contributed by atoms with Gasteiger partial charge >= 0.3 is 0 Å². The third kappa shape index (κ3) is 2.27. The fourth-order valence-electron chi connectivity index (χ4n) is 3.86. The second-order valence-electron chi connectivity index (χ2n) is 6.81. The van der Waals surface area contributed by atoms with Gasteiger partial charge in [-0.05, 0) is 59.9 Å². The van der Waals surface area contributed by atoms with Crippen LogP contribution in [0.2, 0.25) is 0 Å². The average molecular weight is 331 g/mol. The van der Waals surface area contributed by atoms with E-state index in [1.165, 1.54) is 5.56 Å². The third-order valence-electron chi connectivity index (χ3n) is 5.31. The molecule has 0 aliphatic carbocycles. The first-order chi connectivity index (χ1) is 12.0. The molecule has 1 aliphatic rings. The number of phenolic OH excluding ortho intramolecular Hbond substituents is 2. The van der Waals surface area contributed by atoms with Gasteiger partial charge in [-0.2, -0.15) is 0 Å². The topological polar surface area (TPSA) is 52.5 Å². The van der Waals surface area contributed by atoms with Gasteiger partial charge in [-0.1, -0.05) is 42.5 Å². The summed E-state index contributed by atoms with van der Waals surface area (Å²) in [6.45, 7) is 4.58. The van der Waals surface area contributed by atoms with Gasteiger partial charge in [0.15, 0.2) is 0 Å². The molecule has 0 aromatic heterocycles. The Morgan fingerprint density at radius 2 is 1.36 bits per heavy atom. The van der Waals surface area contributed by atoms with Gasteiger partial charge in [0.1, 0.15) is 11.5 Å². The van der Waals surface area contributed by atoms with Crippen LogP contribution in [0.25, 0.3) is 0 Å². The van der Waals surface area contributed by atoms with E-state index in [0.29, 0.717) is 11.5 Å². The van der Waals surface area contributed by atoms with Gasteiger partial charge in [0.2, 0.25) is 0 Å². The quantitative estimate of drug-likeness (QED) is 0.649. The van der Waals surface area contributed by atoms with Crippen LogP contribution in [0.1, 0.15) is 27.8 Å². The maximum absolute atomic E-state index is 9.97. The molecule has 3 aromatic rings. The lowest BCUT2D eigenvalue weighted by Gasteiger charge is -2.32. The number of nitrogens with one attached hydrogen (secondary N) is 1. The van der Waals surface area contributed by atoms with Gasteiger partial charge in [-0.15, -0.1) is 0 Å². The van der Waals surface area contributed by atoms with Crippen LogP contribution in [0.5, 0.6) is 11.5 Å². The highest BCUT2D eigenvalue weighted by atomic mass is 16.3. The monoisotopic (exact) mass is 331 g/mol. The first-order valence-electron chi connectivity index (χ1n) is 8.46. The molecule has 4 rings (SSSR count). The molecule has 0 unspecified atom stereocenters. The van der Waals surface area contributed by atoms with Crippen molar-refractivity contribution in [3.05, 3.63) is 88.5 Å². The van der Waals surface area contributed by atoms with Crippen LogP contribution < -0.4 is 5.32 Å². The largest absolute Gasteiger partial charge is 0.508 e. The molecule has 0 amide bonds. The smallest absolute Gasteiger partial charge is 0.118 e. The van der Waals surface area contributed by atoms with Gasteiger partial charge < -0.3 is 15.5 Å². The molecule has 3 nitrogen and oxygen atoms in total. The number of para-hydroxylation sites is 1. The SMILES string of the molecule is Cc1cc(C2(c3ccc(O)c(C)c3)CNc3ccccc32)ccc1O. The molecule has 0 saturated carbocycles. The van der Waals surface area contributed by atoms with E-state index < -0.39 is 0 Å². The fourth-order valence-corrected chi connectivity index (χ4v) is 3.86. The number of aryl methyl sites for hydroxylation is 2. The van der Waals surface area contributed by atoms with Gasteiger partial charge in [0.05, 0.1) is 5.41 Å². The van der Waals surface area contributed by atoms with Gasteiger partial charge in [-0.25, -0.2) is 0 Å². The minimum Gasteiger partial charge on any atom is -0.508 e.